The number of hydrogen-bond donors (Lipinski definition) is 0. The maximum absolute atomic E-state index is 4.00. The molecule has 0 bridgehead atoms. The third-order valence-corrected chi connectivity index (χ3v) is 1.28. The summed E-state index contributed by atoms with van der Waals surface area (Å²) in [5.74, 6) is 0. The van der Waals surface area contributed by atoms with Gasteiger partial charge in [-0.05, 0) is 6.07 Å². The van der Waals surface area contributed by atoms with Gasteiger partial charge >= 0.3 is 0 Å². The molecule has 0 aliphatic heterocycles. The lowest BCUT2D eigenvalue weighted by atomic mass is 10.6. The molecule has 4 heteroatoms. The van der Waals surface area contributed by atoms with Crippen LogP contribution in [0.2, 0.25) is 0 Å². The minimum Gasteiger partial charge on any atom is -0.187 e. The molecule has 9 heavy (non-hydrogen) atoms. The van der Waals surface area contributed by atoms with Crippen molar-refractivity contribution in [3.63, 3.8) is 0 Å². The van der Waals surface area contributed by atoms with Crippen LogP contribution in [0.5, 0.6) is 0 Å². The molecule has 0 spiro atoms. The van der Waals surface area contributed by atoms with E-state index in [1.165, 1.54) is 0 Å². The molecule has 0 N–H and O–H groups in total. The van der Waals surface area contributed by atoms with Gasteiger partial charge in [0.05, 0.1) is 12.4 Å². The van der Waals surface area contributed by atoms with E-state index in [2.05, 4.69) is 10.2 Å². The van der Waals surface area contributed by atoms with Crippen molar-refractivity contribution in [1.82, 2.24) is 19.6 Å². The first-order chi connectivity index (χ1) is 4.38. The summed E-state index contributed by atoms with van der Waals surface area (Å²) >= 11 is 0. The van der Waals surface area contributed by atoms with Crippen LogP contribution in [0.4, 0.5) is 0 Å². The maximum Gasteiger partial charge on any atom is 0.107 e. The van der Waals surface area contributed by atoms with Crippen LogP contribution >= 0.6 is 0 Å². The monoisotopic (exact) mass is 122 g/mol. The number of nitrogens with zero attached hydrogens (tertiary/aromatic N) is 4. The molecule has 0 aliphatic carbocycles. The predicted molar refractivity (Wildman–Crippen MR) is 32.0 cm³/mol. The van der Waals surface area contributed by atoms with Gasteiger partial charge in [0.15, 0.2) is 0 Å². The minimum absolute atomic E-state index is 1.03. The van der Waals surface area contributed by atoms with Gasteiger partial charge in [0.1, 0.15) is 5.52 Å². The molecule has 4 nitrogen and oxygen atoms in total. The summed E-state index contributed by atoms with van der Waals surface area (Å²) in [5.41, 5.74) is 1.03. The van der Waals surface area contributed by atoms with Crippen molar-refractivity contribution in [2.45, 2.75) is 0 Å². The van der Waals surface area contributed by atoms with Gasteiger partial charge < -0.3 is 0 Å². The Morgan fingerprint density at radius 1 is 1.44 bits per heavy atom. The molecule has 0 atom stereocenters. The molecule has 2 aromatic rings. The molecule has 0 aliphatic rings. The van der Waals surface area contributed by atoms with E-state index in [0.29, 0.717) is 0 Å². The summed E-state index contributed by atoms with van der Waals surface area (Å²) in [6, 6.07) is 1.91. The summed E-state index contributed by atoms with van der Waals surface area (Å²) in [7, 11) is 1.85. The Bertz CT molecular complexity index is 318. The molecule has 2 heterocycles. The van der Waals surface area contributed by atoms with Crippen LogP contribution in [-0.2, 0) is 7.05 Å². The fraction of sp³-hybridized carbons (Fsp3) is 0.200. The standard InChI is InChI=1S/C5H6N4/c1-8-7-4-5-2-3-6-9(5)8/h2-4H,1H3. The van der Waals surface area contributed by atoms with Crippen molar-refractivity contribution >= 4 is 5.52 Å². The second-order valence-electron chi connectivity index (χ2n) is 1.88. The van der Waals surface area contributed by atoms with Crippen LogP contribution < -0.4 is 0 Å². The molecular weight excluding hydrogens is 116 g/mol. The summed E-state index contributed by atoms with van der Waals surface area (Å²) in [6.45, 7) is 0. The van der Waals surface area contributed by atoms with Crippen molar-refractivity contribution in [1.29, 1.82) is 0 Å². The third kappa shape index (κ3) is 0.468. The van der Waals surface area contributed by atoms with Gasteiger partial charge in [-0.3, -0.25) is 0 Å². The number of aromatic nitrogens is 4. The van der Waals surface area contributed by atoms with Gasteiger partial charge in [-0.25, -0.2) is 0 Å². The Morgan fingerprint density at radius 3 is 3.11 bits per heavy atom. The number of hydrogen-bond acceptors (Lipinski definition) is 2. The summed E-state index contributed by atoms with van der Waals surface area (Å²) in [4.78, 5) is 1.68. The first-order valence-corrected chi connectivity index (χ1v) is 2.70. The molecule has 0 unspecified atom stereocenters. The van der Waals surface area contributed by atoms with Crippen molar-refractivity contribution in [3.05, 3.63) is 18.5 Å². The summed E-state index contributed by atoms with van der Waals surface area (Å²) < 4.78 is 1.72. The molecule has 0 saturated heterocycles. The molecule has 0 fully saturated rings. The predicted octanol–water partition coefficient (Wildman–Crippen LogP) is 0.0678. The lowest BCUT2D eigenvalue weighted by molar-refractivity contribution is 0.558. The average Bonchev–Trinajstić information content (AvgIpc) is 2.35. The van der Waals surface area contributed by atoms with Crippen LogP contribution in [0.15, 0.2) is 18.5 Å². The lowest BCUT2D eigenvalue weighted by Gasteiger charge is -1.87. The lowest BCUT2D eigenvalue weighted by Crippen LogP contribution is -2.01. The fourth-order valence-corrected chi connectivity index (χ4v) is 0.834. The zero-order chi connectivity index (χ0) is 6.27. The molecule has 0 radical (unpaired) electrons. The second kappa shape index (κ2) is 1.34. The Balaban J connectivity index is 2.99. The SMILES string of the molecule is Cn1ncc2ccnn21. The molecule has 0 aromatic carbocycles. The summed E-state index contributed by atoms with van der Waals surface area (Å²) in [6.07, 6.45) is 3.52. The fourth-order valence-electron chi connectivity index (χ4n) is 0.834. The van der Waals surface area contributed by atoms with Gasteiger partial charge in [-0.15, -0.1) is 0 Å². The molecule has 0 saturated carbocycles. The van der Waals surface area contributed by atoms with E-state index in [9.17, 15) is 0 Å². The number of fused-ring (bicyclic) bond motifs is 1. The van der Waals surface area contributed by atoms with E-state index in [1.54, 1.807) is 21.8 Å². The van der Waals surface area contributed by atoms with Gasteiger partial charge in [0, 0.05) is 7.05 Å². The quantitative estimate of drug-likeness (QED) is 0.495. The van der Waals surface area contributed by atoms with Gasteiger partial charge in [0.2, 0.25) is 0 Å². The average molecular weight is 122 g/mol. The zero-order valence-corrected chi connectivity index (χ0v) is 5.02. The summed E-state index contributed by atoms with van der Waals surface area (Å²) in [5, 5.41) is 7.97. The maximum atomic E-state index is 4.00. The van der Waals surface area contributed by atoms with E-state index < -0.39 is 0 Å². The third-order valence-electron chi connectivity index (χ3n) is 1.28. The van der Waals surface area contributed by atoms with E-state index in [1.807, 2.05) is 13.1 Å². The highest BCUT2D eigenvalue weighted by atomic mass is 15.6. The van der Waals surface area contributed by atoms with E-state index in [4.69, 9.17) is 0 Å². The van der Waals surface area contributed by atoms with E-state index in [0.717, 1.165) is 5.52 Å². The van der Waals surface area contributed by atoms with Crippen molar-refractivity contribution in [3.8, 4) is 0 Å². The molecule has 0 amide bonds. The van der Waals surface area contributed by atoms with E-state index >= 15 is 0 Å². The first-order valence-electron chi connectivity index (χ1n) is 2.70. The molecular formula is C5H6N4. The second-order valence-corrected chi connectivity index (χ2v) is 1.88. The highest BCUT2D eigenvalue weighted by molar-refractivity contribution is 5.40. The smallest absolute Gasteiger partial charge is 0.107 e. The largest absolute Gasteiger partial charge is 0.187 e. The van der Waals surface area contributed by atoms with Crippen LogP contribution in [0.25, 0.3) is 5.52 Å². The van der Waals surface area contributed by atoms with Crippen LogP contribution in [-0.4, -0.2) is 19.6 Å². The van der Waals surface area contributed by atoms with E-state index in [-0.39, 0.29) is 0 Å². The van der Waals surface area contributed by atoms with Crippen LogP contribution in [0.3, 0.4) is 0 Å². The molecule has 2 aromatic heterocycles. The number of aryl methyl sites for hydroxylation is 1. The zero-order valence-electron chi connectivity index (χ0n) is 5.02. The van der Waals surface area contributed by atoms with Crippen molar-refractivity contribution in [2.75, 3.05) is 0 Å². The minimum atomic E-state index is 1.03. The highest BCUT2D eigenvalue weighted by Gasteiger charge is 1.94. The topological polar surface area (TPSA) is 35.1 Å². The Kier molecular flexibility index (Phi) is 0.677. The van der Waals surface area contributed by atoms with Crippen molar-refractivity contribution in [2.24, 2.45) is 7.05 Å². The Labute approximate surface area is 51.7 Å². The van der Waals surface area contributed by atoms with Crippen molar-refractivity contribution < 1.29 is 0 Å². The molecule has 2 rings (SSSR count). The van der Waals surface area contributed by atoms with Gasteiger partial charge in [-0.2, -0.15) is 19.6 Å². The highest BCUT2D eigenvalue weighted by Crippen LogP contribution is 1.95. The Hall–Kier alpha value is -1.32. The number of rotatable bonds is 0. The van der Waals surface area contributed by atoms with Gasteiger partial charge in [0.25, 0.3) is 0 Å². The first kappa shape index (κ1) is 4.55. The van der Waals surface area contributed by atoms with Crippen LogP contribution in [0.1, 0.15) is 0 Å². The Morgan fingerprint density at radius 2 is 2.33 bits per heavy atom. The molecule has 46 valence electrons. The van der Waals surface area contributed by atoms with Gasteiger partial charge in [-0.1, -0.05) is 0 Å². The normalized spacial score (nSPS) is 10.8. The van der Waals surface area contributed by atoms with Crippen LogP contribution in [0, 0.1) is 0 Å².